The topological polar surface area (TPSA) is 110 Å². The molecule has 0 heterocycles. The zero-order chi connectivity index (χ0) is 6.50. The minimum atomic E-state index is -5.39. The van der Waals surface area contributed by atoms with Gasteiger partial charge in [0.1, 0.15) is 0 Å². The Balaban J connectivity index is 0. The smallest absolute Gasteiger partial charge is 0.159 e. The van der Waals surface area contributed by atoms with E-state index in [1.807, 2.05) is 0 Å². The van der Waals surface area contributed by atoms with Crippen molar-refractivity contribution in [3.8, 4) is 0 Å². The van der Waals surface area contributed by atoms with Crippen molar-refractivity contribution >= 4 is 7.82 Å². The van der Waals surface area contributed by atoms with Crippen molar-refractivity contribution in [1.29, 1.82) is 5.26 Å². The molecule has 7 heavy (non-hydrogen) atoms. The summed E-state index contributed by atoms with van der Waals surface area (Å²) in [6.07, 6.45) is 0. The van der Waals surface area contributed by atoms with Gasteiger partial charge in [0.25, 0.3) is 0 Å². The molecule has 0 fully saturated rings. The van der Waals surface area contributed by atoms with Gasteiger partial charge in [-0.15, -0.1) is 0 Å². The third kappa shape index (κ3) is 454. The van der Waals surface area contributed by atoms with Crippen LogP contribution < -0.4 is 14.7 Å². The molecule has 0 spiro atoms. The number of rotatable bonds is 0. The third-order valence-corrected chi connectivity index (χ3v) is 0. The van der Waals surface area contributed by atoms with Crippen LogP contribution in [-0.4, -0.2) is 0 Å². The van der Waals surface area contributed by atoms with Crippen molar-refractivity contribution in [2.75, 3.05) is 0 Å². The van der Waals surface area contributed by atoms with Crippen LogP contribution in [0.4, 0.5) is 0 Å². The first kappa shape index (κ1) is 9.78. The Morgan fingerprint density at radius 1 is 1.29 bits per heavy atom. The lowest BCUT2D eigenvalue weighted by atomic mass is 11.9. The SMILES string of the molecule is O=P([O-])([O-])[O-].[C-]#N. The molecule has 0 radical (unpaired) electrons. The number of hydrogen-bond acceptors (Lipinski definition) is 5. The monoisotopic (exact) mass is 121 g/mol. The summed E-state index contributed by atoms with van der Waals surface area (Å²) in [5, 5.41) is 6.25. The maximum Gasteiger partial charge on any atom is -0.159 e. The van der Waals surface area contributed by atoms with E-state index in [4.69, 9.17) is 31.1 Å². The molecule has 0 aliphatic heterocycles. The normalized spacial score (nSPS) is 8.71. The van der Waals surface area contributed by atoms with Crippen molar-refractivity contribution in [3.05, 3.63) is 6.57 Å². The molecule has 0 amide bonds. The van der Waals surface area contributed by atoms with Crippen LogP contribution in [0.15, 0.2) is 0 Å². The molecule has 0 unspecified atom stereocenters. The highest BCUT2D eigenvalue weighted by Gasteiger charge is 1.44. The maximum absolute atomic E-state index is 8.55. The molecule has 6 heteroatoms. The minimum absolute atomic E-state index is 4.75. The lowest BCUT2D eigenvalue weighted by Crippen LogP contribution is -2.24. The summed E-state index contributed by atoms with van der Waals surface area (Å²) in [6, 6.07) is 0. The quantitative estimate of drug-likeness (QED) is 0.255. The van der Waals surface area contributed by atoms with E-state index in [-0.39, 0.29) is 0 Å². The van der Waals surface area contributed by atoms with Crippen molar-refractivity contribution in [2.45, 2.75) is 0 Å². The van der Waals surface area contributed by atoms with Crippen molar-refractivity contribution in [3.63, 3.8) is 0 Å². The van der Waals surface area contributed by atoms with Crippen LogP contribution in [0.1, 0.15) is 0 Å². The van der Waals surface area contributed by atoms with Gasteiger partial charge in [-0.05, 0) is 0 Å². The average molecular weight is 121 g/mol. The molecular weight excluding hydrogens is 121 g/mol. The zero-order valence-electron chi connectivity index (χ0n) is 3.03. The average Bonchev–Trinajstić information content (AvgIpc) is 1.36. The Kier molecular flexibility index (Phi) is 5.28. The van der Waals surface area contributed by atoms with Crippen molar-refractivity contribution < 1.29 is 19.2 Å². The molecule has 0 aliphatic rings. The zero-order valence-corrected chi connectivity index (χ0v) is 3.92. The summed E-state index contributed by atoms with van der Waals surface area (Å²) >= 11 is 0. The molecule has 0 rings (SSSR count). The van der Waals surface area contributed by atoms with E-state index in [1.54, 1.807) is 0 Å². The van der Waals surface area contributed by atoms with Gasteiger partial charge in [0, 0.05) is 0 Å². The van der Waals surface area contributed by atoms with Gasteiger partial charge < -0.3 is 31.1 Å². The predicted molar refractivity (Wildman–Crippen MR) is 12.6 cm³/mol. The second-order valence-corrected chi connectivity index (χ2v) is 1.34. The standard InChI is InChI=1S/CN.H3O4P/c1-2;1-5(2,3)4/h;(H3,1,2,3,4)/q-1;/p-3. The summed E-state index contributed by atoms with van der Waals surface area (Å²) < 4.78 is 8.55. The number of phosphoric acid groups is 1. The highest BCUT2D eigenvalue weighted by Crippen LogP contribution is 2.03. The molecule has 5 nitrogen and oxygen atoms in total. The van der Waals surface area contributed by atoms with Gasteiger partial charge in [0.2, 0.25) is 0 Å². The molecule has 0 saturated carbocycles. The fourth-order valence-electron chi connectivity index (χ4n) is 0. The van der Waals surface area contributed by atoms with E-state index < -0.39 is 7.82 Å². The van der Waals surface area contributed by atoms with Crippen LogP contribution >= 0.6 is 7.82 Å². The van der Waals surface area contributed by atoms with Crippen LogP contribution in [0.3, 0.4) is 0 Å². The van der Waals surface area contributed by atoms with Crippen molar-refractivity contribution in [2.24, 2.45) is 0 Å². The Morgan fingerprint density at radius 3 is 1.29 bits per heavy atom. The summed E-state index contributed by atoms with van der Waals surface area (Å²) in [5.41, 5.74) is 0. The van der Waals surface area contributed by atoms with E-state index in [0.717, 1.165) is 0 Å². The second-order valence-electron chi connectivity index (χ2n) is 0.447. The van der Waals surface area contributed by atoms with Gasteiger partial charge in [-0.2, -0.15) is 7.82 Å². The van der Waals surface area contributed by atoms with E-state index in [9.17, 15) is 0 Å². The van der Waals surface area contributed by atoms with Crippen LogP contribution in [0.25, 0.3) is 0 Å². The van der Waals surface area contributed by atoms with Crippen molar-refractivity contribution in [1.82, 2.24) is 0 Å². The summed E-state index contributed by atoms with van der Waals surface area (Å²) in [6.45, 7) is 4.75. The first-order valence-electron chi connectivity index (χ1n) is 0.954. The Hall–Kier alpha value is -0.400. The largest absolute Gasteiger partial charge is 0.822 e. The second kappa shape index (κ2) is 3.78. The van der Waals surface area contributed by atoms with Gasteiger partial charge in [-0.1, -0.05) is 0 Å². The van der Waals surface area contributed by atoms with Crippen LogP contribution in [0, 0.1) is 11.8 Å². The fraction of sp³-hybridized carbons (Fsp3) is 0. The Morgan fingerprint density at radius 2 is 1.29 bits per heavy atom. The number of hydrogen-bond donors (Lipinski definition) is 0. The molecule has 0 aromatic rings. The van der Waals surface area contributed by atoms with Gasteiger partial charge in [-0.25, -0.2) is 0 Å². The van der Waals surface area contributed by atoms with Crippen LogP contribution in [0.2, 0.25) is 0 Å². The lowest BCUT2D eigenvalue weighted by molar-refractivity contribution is -0.432. The molecule has 0 N–H and O–H groups in total. The van der Waals surface area contributed by atoms with Gasteiger partial charge in [0.05, 0.1) is 0 Å². The lowest BCUT2D eigenvalue weighted by Gasteiger charge is -2.36. The molecule has 0 aliphatic carbocycles. The predicted octanol–water partition coefficient (Wildman–Crippen LogP) is -2.73. The van der Waals surface area contributed by atoms with E-state index in [2.05, 4.69) is 0 Å². The van der Waals surface area contributed by atoms with E-state index >= 15 is 0 Å². The molecule has 42 valence electrons. The first-order chi connectivity index (χ1) is 3.00. The summed E-state index contributed by atoms with van der Waals surface area (Å²) in [4.78, 5) is 25.6. The molecule has 0 aromatic carbocycles. The third-order valence-electron chi connectivity index (χ3n) is 0. The Labute approximate surface area is 40.1 Å². The molecule has 0 atom stereocenters. The van der Waals surface area contributed by atoms with Crippen LogP contribution in [0.5, 0.6) is 0 Å². The highest BCUT2D eigenvalue weighted by molar-refractivity contribution is 7.40. The fourth-order valence-corrected chi connectivity index (χ4v) is 0. The minimum Gasteiger partial charge on any atom is -0.822 e. The molecule has 0 aromatic heterocycles. The molecule has 0 bridgehead atoms. The summed E-state index contributed by atoms with van der Waals surface area (Å²) in [5.74, 6) is 0. The van der Waals surface area contributed by atoms with Gasteiger partial charge in [-0.3, -0.25) is 0 Å². The molecule has 0 saturated heterocycles. The van der Waals surface area contributed by atoms with E-state index in [0.29, 0.717) is 0 Å². The van der Waals surface area contributed by atoms with Crippen LogP contribution in [-0.2, 0) is 4.57 Å². The maximum atomic E-state index is 8.55. The molecular formula is CNO4P-4. The Bertz CT molecular complexity index is 82.8. The highest BCUT2D eigenvalue weighted by atomic mass is 31.2. The van der Waals surface area contributed by atoms with E-state index in [1.165, 1.54) is 0 Å². The van der Waals surface area contributed by atoms with Gasteiger partial charge >= 0.3 is 0 Å². The number of nitrogens with zero attached hydrogens (tertiary/aromatic N) is 1. The summed E-state index contributed by atoms with van der Waals surface area (Å²) in [7, 11) is -5.39. The van der Waals surface area contributed by atoms with Gasteiger partial charge in [0.15, 0.2) is 0 Å². The first-order valence-corrected chi connectivity index (χ1v) is 2.41.